The summed E-state index contributed by atoms with van der Waals surface area (Å²) in [6.45, 7) is 3.26. The molecule has 0 radical (unpaired) electrons. The van der Waals surface area contributed by atoms with Gasteiger partial charge >= 0.3 is 0 Å². The van der Waals surface area contributed by atoms with Crippen molar-refractivity contribution in [2.24, 2.45) is 0 Å². The standard InChI is InChI=1S/C18H19ClN4O3/c1-21-8-10-22(11-9-21)17-7-6-15(23(25)26)12-16(17)18(24)20-14-4-2-13(19)3-5-14/h2-7,12H,8-11H2,1H3,(H,20,24). The van der Waals surface area contributed by atoms with E-state index < -0.39 is 4.92 Å². The molecular weight excluding hydrogens is 356 g/mol. The molecule has 1 amide bonds. The molecule has 0 aliphatic carbocycles. The van der Waals surface area contributed by atoms with E-state index in [0.29, 0.717) is 22.0 Å². The molecule has 1 aliphatic heterocycles. The molecule has 136 valence electrons. The maximum Gasteiger partial charge on any atom is 0.270 e. The van der Waals surface area contributed by atoms with Crippen molar-refractivity contribution in [1.29, 1.82) is 0 Å². The van der Waals surface area contributed by atoms with Crippen LogP contribution in [0.4, 0.5) is 17.1 Å². The Bertz CT molecular complexity index is 818. The predicted octanol–water partition coefficient (Wildman–Crippen LogP) is 3.25. The summed E-state index contributed by atoms with van der Waals surface area (Å²) < 4.78 is 0. The minimum Gasteiger partial charge on any atom is -0.368 e. The third kappa shape index (κ3) is 4.12. The normalized spacial score (nSPS) is 14.9. The lowest BCUT2D eigenvalue weighted by molar-refractivity contribution is -0.384. The fraction of sp³-hybridized carbons (Fsp3) is 0.278. The van der Waals surface area contributed by atoms with Gasteiger partial charge in [-0.15, -0.1) is 0 Å². The van der Waals surface area contributed by atoms with Crippen molar-refractivity contribution in [2.75, 3.05) is 43.4 Å². The SMILES string of the molecule is CN1CCN(c2ccc([N+](=O)[O-])cc2C(=O)Nc2ccc(Cl)cc2)CC1. The first kappa shape index (κ1) is 18.2. The topological polar surface area (TPSA) is 78.7 Å². The second kappa shape index (κ2) is 7.72. The molecule has 3 rings (SSSR count). The van der Waals surface area contributed by atoms with E-state index in [0.717, 1.165) is 26.2 Å². The van der Waals surface area contributed by atoms with Gasteiger partial charge in [-0.3, -0.25) is 14.9 Å². The highest BCUT2D eigenvalue weighted by Crippen LogP contribution is 2.27. The summed E-state index contributed by atoms with van der Waals surface area (Å²) in [6, 6.07) is 11.1. The van der Waals surface area contributed by atoms with Gasteiger partial charge in [-0.2, -0.15) is 0 Å². The van der Waals surface area contributed by atoms with Crippen LogP contribution in [-0.4, -0.2) is 49.0 Å². The Balaban J connectivity index is 1.91. The smallest absolute Gasteiger partial charge is 0.270 e. The number of hydrogen-bond donors (Lipinski definition) is 1. The summed E-state index contributed by atoms with van der Waals surface area (Å²) >= 11 is 5.86. The van der Waals surface area contributed by atoms with Crippen LogP contribution < -0.4 is 10.2 Å². The van der Waals surface area contributed by atoms with Gasteiger partial charge in [-0.1, -0.05) is 11.6 Å². The summed E-state index contributed by atoms with van der Waals surface area (Å²) in [7, 11) is 2.04. The van der Waals surface area contributed by atoms with Gasteiger partial charge in [0.15, 0.2) is 0 Å². The summed E-state index contributed by atoms with van der Waals surface area (Å²) in [5, 5.41) is 14.5. The van der Waals surface area contributed by atoms with Crippen LogP contribution in [0.2, 0.25) is 5.02 Å². The van der Waals surface area contributed by atoms with E-state index in [2.05, 4.69) is 15.1 Å². The van der Waals surface area contributed by atoms with Gasteiger partial charge in [0.1, 0.15) is 0 Å². The monoisotopic (exact) mass is 374 g/mol. The van der Waals surface area contributed by atoms with E-state index in [4.69, 9.17) is 11.6 Å². The van der Waals surface area contributed by atoms with E-state index in [-0.39, 0.29) is 11.6 Å². The molecule has 1 fully saturated rings. The average Bonchev–Trinajstić information content (AvgIpc) is 2.63. The van der Waals surface area contributed by atoms with Gasteiger partial charge in [0.05, 0.1) is 16.2 Å². The summed E-state index contributed by atoms with van der Waals surface area (Å²) in [5.74, 6) is -0.384. The number of amides is 1. The number of non-ortho nitro benzene ring substituents is 1. The van der Waals surface area contributed by atoms with E-state index >= 15 is 0 Å². The lowest BCUT2D eigenvalue weighted by Gasteiger charge is -2.34. The number of nitro groups is 1. The van der Waals surface area contributed by atoms with Crippen LogP contribution >= 0.6 is 11.6 Å². The number of carbonyl (C=O) groups excluding carboxylic acids is 1. The predicted molar refractivity (Wildman–Crippen MR) is 102 cm³/mol. The highest BCUT2D eigenvalue weighted by Gasteiger charge is 2.23. The number of nitro benzene ring substituents is 1. The van der Waals surface area contributed by atoms with Crippen molar-refractivity contribution in [2.45, 2.75) is 0 Å². The summed E-state index contributed by atoms with van der Waals surface area (Å²) in [5.41, 5.74) is 1.47. The minimum atomic E-state index is -0.493. The maximum atomic E-state index is 12.8. The van der Waals surface area contributed by atoms with Gasteiger partial charge in [0.25, 0.3) is 11.6 Å². The average molecular weight is 375 g/mol. The fourth-order valence-electron chi connectivity index (χ4n) is 2.87. The number of rotatable bonds is 4. The Labute approximate surface area is 156 Å². The molecule has 2 aromatic rings. The van der Waals surface area contributed by atoms with Crippen molar-refractivity contribution in [3.05, 3.63) is 63.2 Å². The Hall–Kier alpha value is -2.64. The first-order chi connectivity index (χ1) is 12.4. The molecule has 0 spiro atoms. The molecule has 1 heterocycles. The Morgan fingerprint density at radius 2 is 1.77 bits per heavy atom. The third-order valence-electron chi connectivity index (χ3n) is 4.38. The third-order valence-corrected chi connectivity index (χ3v) is 4.63. The first-order valence-electron chi connectivity index (χ1n) is 8.23. The number of anilines is 2. The van der Waals surface area contributed by atoms with Crippen LogP contribution in [0.15, 0.2) is 42.5 Å². The van der Waals surface area contributed by atoms with Gasteiger partial charge in [-0.05, 0) is 37.4 Å². The van der Waals surface area contributed by atoms with Crippen LogP contribution in [0, 0.1) is 10.1 Å². The number of piperazine rings is 1. The van der Waals surface area contributed by atoms with Gasteiger partial charge in [0, 0.05) is 49.0 Å². The van der Waals surface area contributed by atoms with Crippen molar-refractivity contribution in [1.82, 2.24) is 4.90 Å². The van der Waals surface area contributed by atoms with Crippen molar-refractivity contribution in [3.8, 4) is 0 Å². The zero-order chi connectivity index (χ0) is 18.7. The van der Waals surface area contributed by atoms with Gasteiger partial charge < -0.3 is 15.1 Å². The zero-order valence-electron chi connectivity index (χ0n) is 14.3. The second-order valence-electron chi connectivity index (χ2n) is 6.21. The molecule has 0 unspecified atom stereocenters. The van der Waals surface area contributed by atoms with Gasteiger partial charge in [-0.25, -0.2) is 0 Å². The zero-order valence-corrected chi connectivity index (χ0v) is 15.1. The lowest BCUT2D eigenvalue weighted by atomic mass is 10.1. The van der Waals surface area contributed by atoms with Crippen LogP contribution in [-0.2, 0) is 0 Å². The van der Waals surface area contributed by atoms with Crippen LogP contribution in [0.25, 0.3) is 0 Å². The van der Waals surface area contributed by atoms with E-state index in [1.54, 1.807) is 30.3 Å². The number of hydrogen-bond acceptors (Lipinski definition) is 5. The highest BCUT2D eigenvalue weighted by atomic mass is 35.5. The number of benzene rings is 2. The molecule has 0 bridgehead atoms. The molecule has 1 saturated heterocycles. The molecular formula is C18H19ClN4O3. The largest absolute Gasteiger partial charge is 0.368 e. The Morgan fingerprint density at radius 1 is 1.12 bits per heavy atom. The highest BCUT2D eigenvalue weighted by molar-refractivity contribution is 6.30. The van der Waals surface area contributed by atoms with Gasteiger partial charge in [0.2, 0.25) is 0 Å². The van der Waals surface area contributed by atoms with E-state index in [1.807, 2.05) is 7.05 Å². The Morgan fingerprint density at radius 3 is 2.38 bits per heavy atom. The van der Waals surface area contributed by atoms with Crippen LogP contribution in [0.1, 0.15) is 10.4 Å². The number of nitrogens with zero attached hydrogens (tertiary/aromatic N) is 3. The van der Waals surface area contributed by atoms with Crippen LogP contribution in [0.3, 0.4) is 0 Å². The molecule has 26 heavy (non-hydrogen) atoms. The lowest BCUT2D eigenvalue weighted by Crippen LogP contribution is -2.45. The minimum absolute atomic E-state index is 0.107. The molecule has 0 atom stereocenters. The molecule has 2 aromatic carbocycles. The molecule has 0 saturated carbocycles. The summed E-state index contributed by atoms with van der Waals surface area (Å²) in [4.78, 5) is 27.7. The number of carbonyl (C=O) groups is 1. The Kier molecular flexibility index (Phi) is 5.39. The van der Waals surface area contributed by atoms with E-state index in [9.17, 15) is 14.9 Å². The summed E-state index contributed by atoms with van der Waals surface area (Å²) in [6.07, 6.45) is 0. The van der Waals surface area contributed by atoms with Crippen molar-refractivity contribution in [3.63, 3.8) is 0 Å². The van der Waals surface area contributed by atoms with Crippen molar-refractivity contribution >= 4 is 34.6 Å². The maximum absolute atomic E-state index is 12.8. The first-order valence-corrected chi connectivity index (χ1v) is 8.60. The van der Waals surface area contributed by atoms with E-state index in [1.165, 1.54) is 12.1 Å². The number of likely N-dealkylation sites (N-methyl/N-ethyl adjacent to an activating group) is 1. The molecule has 1 N–H and O–H groups in total. The second-order valence-corrected chi connectivity index (χ2v) is 6.65. The molecule has 8 heteroatoms. The molecule has 7 nitrogen and oxygen atoms in total. The number of halogens is 1. The van der Waals surface area contributed by atoms with Crippen molar-refractivity contribution < 1.29 is 9.72 Å². The number of nitrogens with one attached hydrogen (secondary N) is 1. The molecule has 0 aromatic heterocycles. The molecule has 1 aliphatic rings. The van der Waals surface area contributed by atoms with Crippen LogP contribution in [0.5, 0.6) is 0 Å². The fourth-order valence-corrected chi connectivity index (χ4v) is 3.00. The quantitative estimate of drug-likeness (QED) is 0.656.